The third-order valence-electron chi connectivity index (χ3n) is 5.96. The van der Waals surface area contributed by atoms with Gasteiger partial charge in [0.1, 0.15) is 5.75 Å². The number of hydrogen-bond acceptors (Lipinski definition) is 6. The molecule has 0 amide bonds. The van der Waals surface area contributed by atoms with Crippen LogP contribution in [-0.4, -0.2) is 46.5 Å². The number of rotatable bonds is 10. The van der Waals surface area contributed by atoms with Gasteiger partial charge in [-0.1, -0.05) is 35.0 Å². The zero-order valence-corrected chi connectivity index (χ0v) is 21.5. The second-order valence-corrected chi connectivity index (χ2v) is 8.76. The molecule has 2 heterocycles. The number of allylic oxidation sites excluding steroid dienone is 1. The van der Waals surface area contributed by atoms with E-state index < -0.39 is 0 Å². The molecule has 1 aliphatic heterocycles. The smallest absolute Gasteiger partial charge is 0.258 e. The second-order valence-electron chi connectivity index (χ2n) is 8.37. The highest BCUT2D eigenvalue weighted by Gasteiger charge is 2.33. The largest absolute Gasteiger partial charge is 0.494 e. The Hall–Kier alpha value is -3.23. The van der Waals surface area contributed by atoms with Gasteiger partial charge in [-0.3, -0.25) is 0 Å². The Balaban J connectivity index is 1.69. The lowest BCUT2D eigenvalue weighted by Gasteiger charge is -2.37. The van der Waals surface area contributed by atoms with Crippen molar-refractivity contribution in [3.8, 4) is 17.1 Å². The van der Waals surface area contributed by atoms with Crippen LogP contribution in [0.3, 0.4) is 0 Å². The molecule has 0 bridgehead atoms. The number of benzene rings is 2. The molecule has 0 fully saturated rings. The average molecular weight is 493 g/mol. The Morgan fingerprint density at radius 1 is 1.03 bits per heavy atom. The zero-order chi connectivity index (χ0) is 24.8. The number of aryl methyl sites for hydroxylation is 1. The Labute approximate surface area is 212 Å². The summed E-state index contributed by atoms with van der Waals surface area (Å²) in [5, 5.41) is 8.47. The molecule has 3 aromatic rings. The van der Waals surface area contributed by atoms with Crippen molar-refractivity contribution >= 4 is 22.9 Å². The highest BCUT2D eigenvalue weighted by atomic mass is 32.1. The van der Waals surface area contributed by atoms with Crippen LogP contribution >= 0.6 is 12.2 Å². The Morgan fingerprint density at radius 2 is 1.77 bits per heavy atom. The molecule has 0 saturated heterocycles. The number of nitrogens with zero attached hydrogens (tertiary/aromatic N) is 3. The van der Waals surface area contributed by atoms with E-state index in [0.717, 1.165) is 41.1 Å². The van der Waals surface area contributed by atoms with E-state index in [1.54, 1.807) is 0 Å². The van der Waals surface area contributed by atoms with Crippen molar-refractivity contribution in [1.82, 2.24) is 20.4 Å². The Kier molecular flexibility index (Phi) is 8.15. The summed E-state index contributed by atoms with van der Waals surface area (Å²) < 4.78 is 16.9. The summed E-state index contributed by atoms with van der Waals surface area (Å²) in [5.74, 6) is 1.81. The molecule has 1 unspecified atom stereocenters. The van der Waals surface area contributed by atoms with Crippen molar-refractivity contribution in [1.29, 1.82) is 0 Å². The maximum absolute atomic E-state index is 5.82. The number of nitrogens with one attached hydrogen (secondary N) is 1. The minimum atomic E-state index is -0.195. The van der Waals surface area contributed by atoms with Crippen molar-refractivity contribution < 1.29 is 14.0 Å². The van der Waals surface area contributed by atoms with Crippen molar-refractivity contribution in [2.45, 2.75) is 40.2 Å². The molecule has 4 rings (SSSR count). The van der Waals surface area contributed by atoms with Gasteiger partial charge in [-0.15, -0.1) is 0 Å². The van der Waals surface area contributed by atoms with Crippen LogP contribution in [0.2, 0.25) is 0 Å². The Morgan fingerprint density at radius 3 is 2.46 bits per heavy atom. The van der Waals surface area contributed by atoms with Gasteiger partial charge in [0.15, 0.2) is 5.11 Å². The lowest BCUT2D eigenvalue weighted by atomic mass is 9.94. The SMILES string of the molecule is CCOCCCN1C(=S)NC(c2ccc(C)cc2)C(c2nc(-c3ccc(OCC)cc3)no2)=C1C. The van der Waals surface area contributed by atoms with E-state index in [1.165, 1.54) is 5.56 Å². The molecule has 1 aromatic heterocycles. The minimum absolute atomic E-state index is 0.195. The van der Waals surface area contributed by atoms with Gasteiger partial charge < -0.3 is 24.2 Å². The molecule has 0 aliphatic carbocycles. The first-order valence-corrected chi connectivity index (χ1v) is 12.4. The zero-order valence-electron chi connectivity index (χ0n) is 20.7. The van der Waals surface area contributed by atoms with Gasteiger partial charge in [0.05, 0.1) is 18.2 Å². The van der Waals surface area contributed by atoms with Gasteiger partial charge >= 0.3 is 0 Å². The number of aromatic nitrogens is 2. The van der Waals surface area contributed by atoms with Gasteiger partial charge in [0.25, 0.3) is 5.89 Å². The van der Waals surface area contributed by atoms with Gasteiger partial charge in [-0.05, 0) is 76.2 Å². The summed E-state index contributed by atoms with van der Waals surface area (Å²) in [6, 6.07) is 15.9. The summed E-state index contributed by atoms with van der Waals surface area (Å²) in [6.45, 7) is 10.8. The quantitative estimate of drug-likeness (QED) is 0.292. The molecule has 1 aliphatic rings. The molecule has 0 saturated carbocycles. The molecule has 7 nitrogen and oxygen atoms in total. The van der Waals surface area contributed by atoms with E-state index >= 15 is 0 Å². The summed E-state index contributed by atoms with van der Waals surface area (Å²) in [5.41, 5.74) is 5.06. The monoisotopic (exact) mass is 492 g/mol. The molecule has 1 atom stereocenters. The summed E-state index contributed by atoms with van der Waals surface area (Å²) in [6.07, 6.45) is 0.858. The highest BCUT2D eigenvalue weighted by Crippen LogP contribution is 2.37. The molecule has 35 heavy (non-hydrogen) atoms. The molecule has 8 heteroatoms. The molecule has 0 radical (unpaired) electrons. The predicted octanol–water partition coefficient (Wildman–Crippen LogP) is 5.53. The van der Waals surface area contributed by atoms with E-state index in [-0.39, 0.29) is 6.04 Å². The first-order valence-electron chi connectivity index (χ1n) is 12.0. The fraction of sp³-hybridized carbons (Fsp3) is 0.370. The molecule has 2 aromatic carbocycles. The topological polar surface area (TPSA) is 72.7 Å². The van der Waals surface area contributed by atoms with Crippen molar-refractivity contribution in [2.75, 3.05) is 26.4 Å². The Bertz CT molecular complexity index is 1170. The van der Waals surface area contributed by atoms with Crippen molar-refractivity contribution in [3.05, 3.63) is 71.2 Å². The highest BCUT2D eigenvalue weighted by molar-refractivity contribution is 7.80. The molecular weight excluding hydrogens is 460 g/mol. The molecule has 0 spiro atoms. The van der Waals surface area contributed by atoms with Crippen LogP contribution in [0.25, 0.3) is 17.0 Å². The van der Waals surface area contributed by atoms with Crippen LogP contribution in [-0.2, 0) is 4.74 Å². The van der Waals surface area contributed by atoms with Crippen LogP contribution < -0.4 is 10.1 Å². The maximum atomic E-state index is 5.82. The van der Waals surface area contributed by atoms with Crippen LogP contribution in [0.5, 0.6) is 5.75 Å². The van der Waals surface area contributed by atoms with Gasteiger partial charge in [-0.25, -0.2) is 0 Å². The van der Waals surface area contributed by atoms with Gasteiger partial charge in [-0.2, -0.15) is 4.98 Å². The van der Waals surface area contributed by atoms with Gasteiger partial charge in [0.2, 0.25) is 5.82 Å². The fourth-order valence-electron chi connectivity index (χ4n) is 4.12. The standard InChI is InChI=1S/C27H32N4O3S/c1-5-32-17-7-16-31-19(4)23(24(28-27(31)35)20-10-8-18(3)9-11-20)26-29-25(30-34-26)21-12-14-22(15-13-21)33-6-2/h8-15,24H,5-7,16-17H2,1-4H3,(H,28,35). The average Bonchev–Trinajstić information content (AvgIpc) is 3.34. The molecular formula is C27H32N4O3S. The minimum Gasteiger partial charge on any atom is -0.494 e. The molecule has 1 N–H and O–H groups in total. The number of ether oxygens (including phenoxy) is 2. The first kappa shape index (κ1) is 24.9. The summed E-state index contributed by atoms with van der Waals surface area (Å²) in [7, 11) is 0. The van der Waals surface area contributed by atoms with E-state index in [2.05, 4.69) is 53.5 Å². The van der Waals surface area contributed by atoms with Crippen LogP contribution in [0.15, 0.2) is 58.8 Å². The predicted molar refractivity (Wildman–Crippen MR) is 141 cm³/mol. The number of hydrogen-bond donors (Lipinski definition) is 1. The third kappa shape index (κ3) is 5.71. The second kappa shape index (κ2) is 11.5. The lowest BCUT2D eigenvalue weighted by molar-refractivity contribution is 0.141. The van der Waals surface area contributed by atoms with Crippen LogP contribution in [0.1, 0.15) is 50.3 Å². The fourth-order valence-corrected chi connectivity index (χ4v) is 4.47. The third-order valence-corrected chi connectivity index (χ3v) is 6.30. The van der Waals surface area contributed by atoms with Crippen LogP contribution in [0.4, 0.5) is 0 Å². The van der Waals surface area contributed by atoms with Crippen molar-refractivity contribution in [2.24, 2.45) is 0 Å². The van der Waals surface area contributed by atoms with E-state index in [4.69, 9.17) is 31.2 Å². The normalized spacial score (nSPS) is 15.9. The lowest BCUT2D eigenvalue weighted by Crippen LogP contribution is -2.46. The summed E-state index contributed by atoms with van der Waals surface area (Å²) in [4.78, 5) is 6.87. The van der Waals surface area contributed by atoms with Crippen LogP contribution in [0, 0.1) is 6.92 Å². The van der Waals surface area contributed by atoms with Crippen molar-refractivity contribution in [3.63, 3.8) is 0 Å². The first-order chi connectivity index (χ1) is 17.0. The van der Waals surface area contributed by atoms with E-state index in [1.807, 2.05) is 38.1 Å². The molecule has 184 valence electrons. The maximum Gasteiger partial charge on any atom is 0.258 e. The van der Waals surface area contributed by atoms with E-state index in [0.29, 0.717) is 36.6 Å². The summed E-state index contributed by atoms with van der Waals surface area (Å²) >= 11 is 5.76. The van der Waals surface area contributed by atoms with E-state index in [9.17, 15) is 0 Å². The number of thiocarbonyl (C=S) groups is 1. The van der Waals surface area contributed by atoms with Gasteiger partial charge in [0, 0.05) is 31.0 Å².